The van der Waals surface area contributed by atoms with Crippen molar-refractivity contribution in [1.29, 1.82) is 0 Å². The molecular weight excluding hydrogens is 346 g/mol. The molecule has 0 fully saturated rings. The normalized spacial score (nSPS) is 16.5. The van der Waals surface area contributed by atoms with Crippen molar-refractivity contribution in [1.82, 2.24) is 25.0 Å². The second kappa shape index (κ2) is 7.62. The zero-order chi connectivity index (χ0) is 17.8. The molecule has 0 aromatic carbocycles. The van der Waals surface area contributed by atoms with Gasteiger partial charge < -0.3 is 15.0 Å². The molecule has 3 rings (SSSR count). The summed E-state index contributed by atoms with van der Waals surface area (Å²) in [5, 5.41) is 12.8. The summed E-state index contributed by atoms with van der Waals surface area (Å²) in [6.45, 7) is 0.909. The SMILES string of the molecule is COCCNC(=O)C1Cn2c(n[nH]c2=O)CN1C(=O)Cc1ccsc1. The summed E-state index contributed by atoms with van der Waals surface area (Å²) in [6, 6.07) is 1.12. The summed E-state index contributed by atoms with van der Waals surface area (Å²) in [6.07, 6.45) is 0.208. The number of H-pyrrole nitrogens is 1. The smallest absolute Gasteiger partial charge is 0.343 e. The number of methoxy groups -OCH3 is 1. The first-order chi connectivity index (χ1) is 12.1. The lowest BCUT2D eigenvalue weighted by Gasteiger charge is -2.34. The third kappa shape index (κ3) is 3.80. The van der Waals surface area contributed by atoms with Crippen molar-refractivity contribution >= 4 is 23.2 Å². The lowest BCUT2D eigenvalue weighted by atomic mass is 10.1. The van der Waals surface area contributed by atoms with Crippen molar-refractivity contribution in [2.75, 3.05) is 20.3 Å². The number of carbonyl (C=O) groups excluding carboxylic acids is 2. The van der Waals surface area contributed by atoms with Gasteiger partial charge in [0, 0.05) is 13.7 Å². The van der Waals surface area contributed by atoms with Crippen molar-refractivity contribution in [3.8, 4) is 0 Å². The molecule has 25 heavy (non-hydrogen) atoms. The predicted octanol–water partition coefficient (Wildman–Crippen LogP) is -0.651. The van der Waals surface area contributed by atoms with Crippen molar-refractivity contribution in [2.24, 2.45) is 0 Å². The van der Waals surface area contributed by atoms with Crippen LogP contribution in [0, 0.1) is 0 Å². The molecule has 3 heterocycles. The van der Waals surface area contributed by atoms with Gasteiger partial charge in [-0.05, 0) is 22.4 Å². The third-order valence-electron chi connectivity index (χ3n) is 4.04. The van der Waals surface area contributed by atoms with Gasteiger partial charge in [0.2, 0.25) is 11.8 Å². The average Bonchev–Trinajstić information content (AvgIpc) is 3.24. The number of ether oxygens (including phenoxy) is 1. The second-order valence-electron chi connectivity index (χ2n) is 5.69. The van der Waals surface area contributed by atoms with Crippen LogP contribution >= 0.6 is 11.3 Å². The van der Waals surface area contributed by atoms with E-state index in [0.29, 0.717) is 19.0 Å². The number of aromatic amines is 1. The number of rotatable bonds is 6. The van der Waals surface area contributed by atoms with Crippen LogP contribution in [0.2, 0.25) is 0 Å². The monoisotopic (exact) mass is 365 g/mol. The quantitative estimate of drug-likeness (QED) is 0.661. The largest absolute Gasteiger partial charge is 0.383 e. The van der Waals surface area contributed by atoms with E-state index in [9.17, 15) is 14.4 Å². The molecule has 134 valence electrons. The Morgan fingerprint density at radius 3 is 3.08 bits per heavy atom. The van der Waals surface area contributed by atoms with Gasteiger partial charge in [-0.1, -0.05) is 0 Å². The molecule has 2 aromatic rings. The number of amides is 2. The molecule has 1 aliphatic heterocycles. The fourth-order valence-electron chi connectivity index (χ4n) is 2.74. The van der Waals surface area contributed by atoms with E-state index >= 15 is 0 Å². The highest BCUT2D eigenvalue weighted by atomic mass is 32.1. The number of nitrogens with one attached hydrogen (secondary N) is 2. The van der Waals surface area contributed by atoms with E-state index in [0.717, 1.165) is 5.56 Å². The summed E-state index contributed by atoms with van der Waals surface area (Å²) in [4.78, 5) is 38.6. The van der Waals surface area contributed by atoms with Crippen LogP contribution in [0.1, 0.15) is 11.4 Å². The molecule has 0 spiro atoms. The number of fused-ring (bicyclic) bond motifs is 1. The molecule has 0 aliphatic carbocycles. The Kier molecular flexibility index (Phi) is 5.29. The molecule has 2 N–H and O–H groups in total. The van der Waals surface area contributed by atoms with E-state index < -0.39 is 6.04 Å². The highest BCUT2D eigenvalue weighted by Crippen LogP contribution is 2.17. The number of carbonyl (C=O) groups is 2. The van der Waals surface area contributed by atoms with E-state index in [2.05, 4.69) is 15.5 Å². The van der Waals surface area contributed by atoms with Crippen LogP contribution in [0.4, 0.5) is 0 Å². The van der Waals surface area contributed by atoms with Gasteiger partial charge in [0.15, 0.2) is 5.82 Å². The van der Waals surface area contributed by atoms with E-state index in [4.69, 9.17) is 4.74 Å². The van der Waals surface area contributed by atoms with E-state index in [1.54, 1.807) is 7.11 Å². The van der Waals surface area contributed by atoms with Crippen LogP contribution in [-0.4, -0.2) is 57.8 Å². The van der Waals surface area contributed by atoms with Crippen molar-refractivity contribution in [3.63, 3.8) is 0 Å². The Balaban J connectivity index is 1.80. The summed E-state index contributed by atoms with van der Waals surface area (Å²) >= 11 is 1.51. The maximum absolute atomic E-state index is 12.7. The minimum Gasteiger partial charge on any atom is -0.383 e. The Morgan fingerprint density at radius 1 is 1.52 bits per heavy atom. The molecule has 9 nitrogen and oxygen atoms in total. The maximum Gasteiger partial charge on any atom is 0.343 e. The first-order valence-corrected chi connectivity index (χ1v) is 8.75. The van der Waals surface area contributed by atoms with Gasteiger partial charge in [0.25, 0.3) is 0 Å². The van der Waals surface area contributed by atoms with Gasteiger partial charge in [0.05, 0.1) is 26.1 Å². The van der Waals surface area contributed by atoms with Gasteiger partial charge in [-0.3, -0.25) is 14.2 Å². The van der Waals surface area contributed by atoms with E-state index in [-0.39, 0.29) is 37.0 Å². The summed E-state index contributed by atoms with van der Waals surface area (Å²) in [5.74, 6) is -0.0360. The number of nitrogens with zero attached hydrogens (tertiary/aromatic N) is 3. The van der Waals surface area contributed by atoms with Gasteiger partial charge >= 0.3 is 5.69 Å². The molecule has 1 unspecified atom stereocenters. The molecule has 0 saturated carbocycles. The number of aromatic nitrogens is 3. The fourth-order valence-corrected chi connectivity index (χ4v) is 3.41. The molecule has 0 saturated heterocycles. The van der Waals surface area contributed by atoms with E-state index in [1.165, 1.54) is 20.8 Å². The minimum atomic E-state index is -0.759. The molecule has 2 amide bonds. The Morgan fingerprint density at radius 2 is 2.36 bits per heavy atom. The number of thiophene rings is 1. The summed E-state index contributed by atoms with van der Waals surface area (Å²) < 4.78 is 6.32. The molecule has 1 aliphatic rings. The fraction of sp³-hybridized carbons (Fsp3) is 0.467. The molecule has 0 bridgehead atoms. The first-order valence-electron chi connectivity index (χ1n) is 7.81. The van der Waals surface area contributed by atoms with Crippen LogP contribution in [0.3, 0.4) is 0 Å². The molecule has 0 radical (unpaired) electrons. The maximum atomic E-state index is 12.7. The van der Waals surface area contributed by atoms with Crippen LogP contribution < -0.4 is 11.0 Å². The first kappa shape index (κ1) is 17.4. The van der Waals surface area contributed by atoms with Crippen molar-refractivity contribution in [2.45, 2.75) is 25.6 Å². The lowest BCUT2D eigenvalue weighted by Crippen LogP contribution is -2.55. The van der Waals surface area contributed by atoms with Gasteiger partial charge in [-0.25, -0.2) is 9.89 Å². The Labute approximate surface area is 147 Å². The highest BCUT2D eigenvalue weighted by molar-refractivity contribution is 7.08. The third-order valence-corrected chi connectivity index (χ3v) is 4.78. The Bertz CT molecular complexity index is 797. The average molecular weight is 365 g/mol. The van der Waals surface area contributed by atoms with Crippen LogP contribution in [0.25, 0.3) is 0 Å². The van der Waals surface area contributed by atoms with Crippen molar-refractivity contribution in [3.05, 3.63) is 38.7 Å². The van der Waals surface area contributed by atoms with Gasteiger partial charge in [-0.2, -0.15) is 16.4 Å². The zero-order valence-corrected chi connectivity index (χ0v) is 14.5. The second-order valence-corrected chi connectivity index (χ2v) is 6.47. The number of hydrogen-bond donors (Lipinski definition) is 2. The summed E-state index contributed by atoms with van der Waals surface area (Å²) in [7, 11) is 1.54. The molecule has 1 atom stereocenters. The minimum absolute atomic E-state index is 0.0822. The topological polar surface area (TPSA) is 109 Å². The Hall–Kier alpha value is -2.46. The summed E-state index contributed by atoms with van der Waals surface area (Å²) in [5.41, 5.74) is 0.521. The van der Waals surface area contributed by atoms with Gasteiger partial charge in [-0.15, -0.1) is 0 Å². The lowest BCUT2D eigenvalue weighted by molar-refractivity contribution is -0.142. The van der Waals surface area contributed by atoms with Gasteiger partial charge in [0.1, 0.15) is 6.04 Å². The van der Waals surface area contributed by atoms with Crippen molar-refractivity contribution < 1.29 is 14.3 Å². The molecular formula is C15H19N5O4S. The predicted molar refractivity (Wildman–Crippen MR) is 90.1 cm³/mol. The van der Waals surface area contributed by atoms with Crippen LogP contribution in [-0.2, 0) is 33.8 Å². The highest BCUT2D eigenvalue weighted by Gasteiger charge is 2.36. The number of hydrogen-bond acceptors (Lipinski definition) is 6. The molecule has 2 aromatic heterocycles. The zero-order valence-electron chi connectivity index (χ0n) is 13.7. The van der Waals surface area contributed by atoms with Crippen LogP contribution in [0.15, 0.2) is 21.6 Å². The molecule has 10 heteroatoms. The standard InChI is InChI=1S/C15H19N5O4S/c1-24-4-3-16-14(22)11-7-20-12(17-18-15(20)23)8-19(11)13(21)6-10-2-5-25-9-10/h2,5,9,11H,3-4,6-8H2,1H3,(H,16,22)(H,18,23). The van der Waals surface area contributed by atoms with E-state index in [1.807, 2.05) is 16.8 Å². The van der Waals surface area contributed by atoms with Crippen LogP contribution in [0.5, 0.6) is 0 Å².